The number of rotatable bonds is 5. The van der Waals surface area contributed by atoms with Crippen molar-refractivity contribution >= 4 is 11.5 Å². The van der Waals surface area contributed by atoms with Crippen LogP contribution in [0.25, 0.3) is 0 Å². The van der Waals surface area contributed by atoms with Crippen molar-refractivity contribution in [1.29, 1.82) is 0 Å². The molecule has 4 N–H and O–H groups in total. The molecule has 0 aliphatic heterocycles. The third kappa shape index (κ3) is 3.66. The lowest BCUT2D eigenvalue weighted by molar-refractivity contribution is 0.318. The summed E-state index contributed by atoms with van der Waals surface area (Å²) in [7, 11) is 1.66. The molecule has 0 saturated heterocycles. The molecule has 0 saturated carbocycles. The summed E-state index contributed by atoms with van der Waals surface area (Å²) in [6, 6.07) is 13.5. The number of methoxy groups -OCH3 is 1. The van der Waals surface area contributed by atoms with Gasteiger partial charge in [-0.3, -0.25) is 0 Å². The quantitative estimate of drug-likeness (QED) is 0.341. The Hall–Kier alpha value is -2.69. The summed E-state index contributed by atoms with van der Waals surface area (Å²) in [6.45, 7) is 2.65. The monoisotopic (exact) mass is 285 g/mol. The number of nitrogens with one attached hydrogen (secondary N) is 1. The van der Waals surface area contributed by atoms with Gasteiger partial charge in [0.25, 0.3) is 0 Å². The Balaban J connectivity index is 2.08. The molecule has 0 aromatic heterocycles. The van der Waals surface area contributed by atoms with Gasteiger partial charge in [-0.2, -0.15) is 0 Å². The van der Waals surface area contributed by atoms with Crippen LogP contribution in [-0.2, 0) is 6.54 Å². The largest absolute Gasteiger partial charge is 0.496 e. The van der Waals surface area contributed by atoms with Gasteiger partial charge in [0.05, 0.1) is 7.11 Å². The van der Waals surface area contributed by atoms with E-state index in [1.165, 1.54) is 0 Å². The van der Waals surface area contributed by atoms with Gasteiger partial charge in [0.2, 0.25) is 0 Å². The predicted molar refractivity (Wildman–Crippen MR) is 84.0 cm³/mol. The molecular formula is C16H19N3O2. The Labute approximate surface area is 124 Å². The standard InChI is InChI=1S/C16H19N3O2/c1-11-8-14(6-7-15(11)21-2)18-10-12-4-3-5-13(9-12)16(17)19-20/h3-9,18,20H,10H2,1-2H3,(H2,17,19). The average molecular weight is 285 g/mol. The molecule has 0 spiro atoms. The van der Waals surface area contributed by atoms with Gasteiger partial charge in [-0.05, 0) is 42.3 Å². The predicted octanol–water partition coefficient (Wildman–Crippen LogP) is 2.71. The first kappa shape index (κ1) is 14.7. The first-order chi connectivity index (χ1) is 10.1. The molecule has 2 aromatic rings. The van der Waals surface area contributed by atoms with E-state index >= 15 is 0 Å². The highest BCUT2D eigenvalue weighted by atomic mass is 16.5. The molecule has 0 aliphatic carbocycles. The summed E-state index contributed by atoms with van der Waals surface area (Å²) >= 11 is 0. The molecule has 5 heteroatoms. The highest BCUT2D eigenvalue weighted by molar-refractivity contribution is 5.97. The van der Waals surface area contributed by atoms with E-state index in [2.05, 4.69) is 10.5 Å². The Kier molecular flexibility index (Phi) is 4.66. The Morgan fingerprint density at radius 2 is 2.10 bits per heavy atom. The van der Waals surface area contributed by atoms with E-state index < -0.39 is 0 Å². The molecule has 21 heavy (non-hydrogen) atoms. The molecule has 0 heterocycles. The fourth-order valence-corrected chi connectivity index (χ4v) is 2.09. The summed E-state index contributed by atoms with van der Waals surface area (Å²) in [6.07, 6.45) is 0. The van der Waals surface area contributed by atoms with Crippen LogP contribution in [0.5, 0.6) is 5.75 Å². The third-order valence-electron chi connectivity index (χ3n) is 3.22. The van der Waals surface area contributed by atoms with Gasteiger partial charge in [0.1, 0.15) is 5.75 Å². The SMILES string of the molecule is COc1ccc(NCc2cccc(C(N)=NO)c2)cc1C. The fourth-order valence-electron chi connectivity index (χ4n) is 2.09. The summed E-state index contributed by atoms with van der Waals surface area (Å²) < 4.78 is 5.24. The van der Waals surface area contributed by atoms with Crippen molar-refractivity contribution in [1.82, 2.24) is 0 Å². The molecule has 110 valence electrons. The van der Waals surface area contributed by atoms with Crippen LogP contribution in [0.3, 0.4) is 0 Å². The Morgan fingerprint density at radius 1 is 1.29 bits per heavy atom. The molecule has 0 unspecified atom stereocenters. The molecule has 0 amide bonds. The van der Waals surface area contributed by atoms with Gasteiger partial charge < -0.3 is 21.0 Å². The maximum atomic E-state index is 8.70. The minimum atomic E-state index is 0.108. The number of oxime groups is 1. The number of benzene rings is 2. The van der Waals surface area contributed by atoms with Gasteiger partial charge >= 0.3 is 0 Å². The lowest BCUT2D eigenvalue weighted by atomic mass is 10.1. The summed E-state index contributed by atoms with van der Waals surface area (Å²) in [4.78, 5) is 0. The first-order valence-electron chi connectivity index (χ1n) is 6.59. The average Bonchev–Trinajstić information content (AvgIpc) is 2.52. The molecule has 0 radical (unpaired) electrons. The molecule has 0 fully saturated rings. The summed E-state index contributed by atoms with van der Waals surface area (Å²) in [5, 5.41) is 15.0. The van der Waals surface area contributed by atoms with E-state index in [-0.39, 0.29) is 5.84 Å². The number of nitrogens with two attached hydrogens (primary N) is 1. The number of hydrogen-bond donors (Lipinski definition) is 3. The lowest BCUT2D eigenvalue weighted by Crippen LogP contribution is -2.13. The summed E-state index contributed by atoms with van der Waals surface area (Å²) in [5.41, 5.74) is 9.43. The van der Waals surface area contributed by atoms with E-state index in [4.69, 9.17) is 15.7 Å². The zero-order valence-electron chi connectivity index (χ0n) is 12.1. The van der Waals surface area contributed by atoms with E-state index in [9.17, 15) is 0 Å². The second-order valence-electron chi connectivity index (χ2n) is 4.72. The van der Waals surface area contributed by atoms with Crippen LogP contribution in [-0.4, -0.2) is 18.2 Å². The van der Waals surface area contributed by atoms with Crippen molar-refractivity contribution < 1.29 is 9.94 Å². The van der Waals surface area contributed by atoms with Gasteiger partial charge in [-0.15, -0.1) is 0 Å². The minimum Gasteiger partial charge on any atom is -0.496 e. The number of aryl methyl sites for hydroxylation is 1. The van der Waals surface area contributed by atoms with Crippen molar-refractivity contribution in [2.24, 2.45) is 10.9 Å². The van der Waals surface area contributed by atoms with E-state index in [1.807, 2.05) is 43.3 Å². The molecule has 0 atom stereocenters. The smallest absolute Gasteiger partial charge is 0.170 e. The van der Waals surface area contributed by atoms with Crippen molar-refractivity contribution in [2.45, 2.75) is 13.5 Å². The Bertz CT molecular complexity index is 654. The van der Waals surface area contributed by atoms with Gasteiger partial charge in [0.15, 0.2) is 5.84 Å². The zero-order chi connectivity index (χ0) is 15.2. The van der Waals surface area contributed by atoms with Gasteiger partial charge in [-0.1, -0.05) is 23.4 Å². The van der Waals surface area contributed by atoms with Crippen molar-refractivity contribution in [3.8, 4) is 5.75 Å². The van der Waals surface area contributed by atoms with E-state index in [0.717, 1.165) is 22.6 Å². The number of hydrogen-bond acceptors (Lipinski definition) is 4. The zero-order valence-corrected chi connectivity index (χ0v) is 12.1. The molecule has 5 nitrogen and oxygen atoms in total. The number of nitrogens with zero attached hydrogens (tertiary/aromatic N) is 1. The second-order valence-corrected chi connectivity index (χ2v) is 4.72. The second kappa shape index (κ2) is 6.65. The Morgan fingerprint density at radius 3 is 2.76 bits per heavy atom. The first-order valence-corrected chi connectivity index (χ1v) is 6.59. The van der Waals surface area contributed by atoms with E-state index in [0.29, 0.717) is 12.1 Å². The van der Waals surface area contributed by atoms with Crippen molar-refractivity contribution in [3.05, 3.63) is 59.2 Å². The van der Waals surface area contributed by atoms with Gasteiger partial charge in [0, 0.05) is 17.8 Å². The van der Waals surface area contributed by atoms with Crippen LogP contribution in [0.2, 0.25) is 0 Å². The number of anilines is 1. The van der Waals surface area contributed by atoms with Crippen LogP contribution >= 0.6 is 0 Å². The minimum absolute atomic E-state index is 0.108. The highest BCUT2D eigenvalue weighted by Crippen LogP contribution is 2.21. The number of amidine groups is 1. The highest BCUT2D eigenvalue weighted by Gasteiger charge is 2.02. The topological polar surface area (TPSA) is 79.9 Å². The molecule has 2 rings (SSSR count). The third-order valence-corrected chi connectivity index (χ3v) is 3.22. The van der Waals surface area contributed by atoms with Crippen molar-refractivity contribution in [2.75, 3.05) is 12.4 Å². The molecule has 0 aliphatic rings. The molecular weight excluding hydrogens is 266 g/mol. The van der Waals surface area contributed by atoms with Crippen LogP contribution in [0.15, 0.2) is 47.6 Å². The van der Waals surface area contributed by atoms with E-state index in [1.54, 1.807) is 13.2 Å². The normalized spacial score (nSPS) is 11.2. The molecule has 0 bridgehead atoms. The van der Waals surface area contributed by atoms with Gasteiger partial charge in [-0.25, -0.2) is 0 Å². The summed E-state index contributed by atoms with van der Waals surface area (Å²) in [5.74, 6) is 0.978. The van der Waals surface area contributed by atoms with Crippen LogP contribution < -0.4 is 15.8 Å². The maximum absolute atomic E-state index is 8.70. The number of ether oxygens (including phenoxy) is 1. The lowest BCUT2D eigenvalue weighted by Gasteiger charge is -2.10. The molecule has 2 aromatic carbocycles. The fraction of sp³-hybridized carbons (Fsp3) is 0.188. The van der Waals surface area contributed by atoms with Crippen LogP contribution in [0, 0.1) is 6.92 Å². The van der Waals surface area contributed by atoms with Crippen LogP contribution in [0.4, 0.5) is 5.69 Å². The van der Waals surface area contributed by atoms with Crippen LogP contribution in [0.1, 0.15) is 16.7 Å². The van der Waals surface area contributed by atoms with Crippen molar-refractivity contribution in [3.63, 3.8) is 0 Å². The maximum Gasteiger partial charge on any atom is 0.170 e.